The van der Waals surface area contributed by atoms with Crippen molar-refractivity contribution in [2.45, 2.75) is 120 Å². The first kappa shape index (κ1) is 24.6. The van der Waals surface area contributed by atoms with Gasteiger partial charge in [-0.1, -0.05) is 6.92 Å². The van der Waals surface area contributed by atoms with Gasteiger partial charge in [-0.25, -0.2) is 0 Å². The van der Waals surface area contributed by atoms with Gasteiger partial charge in [0, 0.05) is 0 Å². The van der Waals surface area contributed by atoms with Crippen LogP contribution in [0.3, 0.4) is 0 Å². The number of halogens is 1. The van der Waals surface area contributed by atoms with Crippen LogP contribution >= 0.6 is 8.92 Å². The van der Waals surface area contributed by atoms with Gasteiger partial charge in [-0.3, -0.25) is 0 Å². The van der Waals surface area contributed by atoms with Crippen molar-refractivity contribution in [3.8, 4) is 0 Å². The maximum absolute atomic E-state index is 12.1. The van der Waals surface area contributed by atoms with Crippen LogP contribution in [-0.4, -0.2) is 23.6 Å². The van der Waals surface area contributed by atoms with Crippen LogP contribution in [0, 0.1) is 0 Å². The third kappa shape index (κ3) is 14.9. The molecule has 0 aromatic heterocycles. The van der Waals surface area contributed by atoms with E-state index in [-0.39, 0.29) is 5.97 Å². The second kappa shape index (κ2) is 17.0. The first-order chi connectivity index (χ1) is 11.6. The normalized spacial score (nSPS) is 11.7. The number of carbonyl (C=O) groups excluding carboxylic acids is 1. The zero-order valence-corrected chi connectivity index (χ0v) is 20.1. The summed E-state index contributed by atoms with van der Waals surface area (Å²) >= 11 is -3.13. The first-order valence-electron chi connectivity index (χ1n) is 10.5. The van der Waals surface area contributed by atoms with Gasteiger partial charge in [0.05, 0.1) is 0 Å². The van der Waals surface area contributed by atoms with Crippen molar-refractivity contribution < 1.29 is 7.87 Å². The van der Waals surface area contributed by atoms with E-state index in [1.807, 2.05) is 0 Å². The van der Waals surface area contributed by atoms with Crippen molar-refractivity contribution in [1.29, 1.82) is 0 Å². The molecule has 0 N–H and O–H groups in total. The average Bonchev–Trinajstić information content (AvgIpc) is 2.57. The number of rotatable bonds is 17. The SMILES string of the molecule is CCCCCCCCCCCC(=O)[O][Sn]([Cl])([CH2]CCC)[CH2]CCC. The first-order valence-corrected chi connectivity index (χ1v) is 19.3. The Morgan fingerprint density at radius 1 is 0.708 bits per heavy atom. The number of hydrogen-bond acceptors (Lipinski definition) is 2. The van der Waals surface area contributed by atoms with Gasteiger partial charge >= 0.3 is 153 Å². The molecule has 0 radical (unpaired) electrons. The minimum absolute atomic E-state index is 0.0176. The summed E-state index contributed by atoms with van der Waals surface area (Å²) in [6.45, 7) is 6.60. The molecule has 0 bridgehead atoms. The van der Waals surface area contributed by atoms with Gasteiger partial charge in [-0.15, -0.1) is 0 Å². The van der Waals surface area contributed by atoms with Crippen LogP contribution in [-0.2, 0) is 7.87 Å². The van der Waals surface area contributed by atoms with Crippen LogP contribution in [0.1, 0.15) is 111 Å². The summed E-state index contributed by atoms with van der Waals surface area (Å²) in [6.07, 6.45) is 16.5. The van der Waals surface area contributed by atoms with Gasteiger partial charge in [0.15, 0.2) is 0 Å². The fourth-order valence-corrected chi connectivity index (χ4v) is 13.1. The summed E-state index contributed by atoms with van der Waals surface area (Å²) in [4.78, 5) is 12.1. The quantitative estimate of drug-likeness (QED) is 0.162. The zero-order valence-electron chi connectivity index (χ0n) is 16.5. The van der Waals surface area contributed by atoms with Crippen LogP contribution < -0.4 is 0 Å². The van der Waals surface area contributed by atoms with Crippen molar-refractivity contribution in [3.63, 3.8) is 0 Å². The molecule has 2 nitrogen and oxygen atoms in total. The molecule has 0 aromatic carbocycles. The molecule has 0 aliphatic carbocycles. The minimum atomic E-state index is -3.13. The Morgan fingerprint density at radius 3 is 1.58 bits per heavy atom. The topological polar surface area (TPSA) is 26.3 Å². The molecule has 0 spiro atoms. The number of hydrogen-bond donors (Lipinski definition) is 0. The van der Waals surface area contributed by atoms with E-state index in [1.54, 1.807) is 0 Å². The molecule has 0 fully saturated rings. The van der Waals surface area contributed by atoms with Crippen molar-refractivity contribution >= 4 is 32.6 Å². The van der Waals surface area contributed by atoms with Crippen molar-refractivity contribution in [2.24, 2.45) is 0 Å². The van der Waals surface area contributed by atoms with Gasteiger partial charge in [0.2, 0.25) is 0 Å². The third-order valence-corrected chi connectivity index (χ3v) is 15.6. The molecule has 0 aromatic rings. The Kier molecular flexibility index (Phi) is 17.4. The molecular weight excluding hydrogens is 426 g/mol. The second-order valence-electron chi connectivity index (χ2n) is 7.14. The Bertz CT molecular complexity index is 289. The van der Waals surface area contributed by atoms with E-state index in [1.165, 1.54) is 44.9 Å². The van der Waals surface area contributed by atoms with E-state index in [2.05, 4.69) is 20.8 Å². The monoisotopic (exact) mass is 468 g/mol. The standard InChI is InChI=1S/C12H24O2.2C4H9.ClH.Sn/c1-2-3-4-5-6-7-8-9-10-11-12(13)14;2*1-3-4-2;;/h2-11H2,1H3,(H,13,14);2*1,3-4H2,2H3;1H;/q;;;;+2/p-2. The summed E-state index contributed by atoms with van der Waals surface area (Å²) in [5.74, 6) is -0.0176. The molecule has 0 amide bonds. The van der Waals surface area contributed by atoms with E-state index < -0.39 is 17.7 Å². The Labute approximate surface area is 159 Å². The Hall–Kier alpha value is 0.559. The number of unbranched alkanes of at least 4 members (excludes halogenated alkanes) is 10. The molecule has 0 atom stereocenters. The molecule has 0 aliphatic rings. The van der Waals surface area contributed by atoms with E-state index in [9.17, 15) is 4.79 Å². The molecule has 0 saturated heterocycles. The molecular formula is C20H41ClO2Sn. The van der Waals surface area contributed by atoms with E-state index >= 15 is 0 Å². The predicted octanol–water partition coefficient (Wildman–Crippen LogP) is 7.73. The zero-order chi connectivity index (χ0) is 18.1. The van der Waals surface area contributed by atoms with Crippen molar-refractivity contribution in [1.82, 2.24) is 0 Å². The molecule has 144 valence electrons. The van der Waals surface area contributed by atoms with Crippen molar-refractivity contribution in [3.05, 3.63) is 0 Å². The molecule has 0 unspecified atom stereocenters. The molecule has 0 rings (SSSR count). The van der Waals surface area contributed by atoms with Crippen LogP contribution in [0.15, 0.2) is 0 Å². The van der Waals surface area contributed by atoms with Crippen LogP contribution in [0.2, 0.25) is 8.87 Å². The van der Waals surface area contributed by atoms with Gasteiger partial charge < -0.3 is 0 Å². The van der Waals surface area contributed by atoms with Gasteiger partial charge in [0.1, 0.15) is 0 Å². The van der Waals surface area contributed by atoms with Gasteiger partial charge in [-0.2, -0.15) is 0 Å². The molecule has 24 heavy (non-hydrogen) atoms. The molecule has 0 aliphatic heterocycles. The summed E-state index contributed by atoms with van der Waals surface area (Å²) in [6, 6.07) is 0. The van der Waals surface area contributed by atoms with Crippen molar-refractivity contribution in [2.75, 3.05) is 0 Å². The number of carbonyl (C=O) groups is 1. The molecule has 0 saturated carbocycles. The maximum atomic E-state index is 12.1. The second-order valence-corrected chi connectivity index (χ2v) is 20.2. The van der Waals surface area contributed by atoms with Gasteiger partial charge in [-0.05, 0) is 0 Å². The summed E-state index contributed by atoms with van der Waals surface area (Å²) < 4.78 is 7.82. The van der Waals surface area contributed by atoms with Crippen LogP contribution in [0.4, 0.5) is 0 Å². The van der Waals surface area contributed by atoms with Crippen LogP contribution in [0.5, 0.6) is 0 Å². The average molecular weight is 468 g/mol. The fourth-order valence-electron chi connectivity index (χ4n) is 2.94. The van der Waals surface area contributed by atoms with Crippen LogP contribution in [0.25, 0.3) is 0 Å². The molecule has 4 heteroatoms. The van der Waals surface area contributed by atoms with Gasteiger partial charge in [0.25, 0.3) is 0 Å². The Morgan fingerprint density at radius 2 is 1.12 bits per heavy atom. The predicted molar refractivity (Wildman–Crippen MR) is 109 cm³/mol. The van der Waals surface area contributed by atoms with E-state index in [4.69, 9.17) is 12.0 Å². The van der Waals surface area contributed by atoms with E-state index in [0.717, 1.165) is 47.4 Å². The third-order valence-electron chi connectivity index (χ3n) is 4.59. The fraction of sp³-hybridized carbons (Fsp3) is 0.950. The Balaban J connectivity index is 3.79. The summed E-state index contributed by atoms with van der Waals surface area (Å²) in [5, 5.41) is 0. The molecule has 0 heterocycles. The summed E-state index contributed by atoms with van der Waals surface area (Å²) in [7, 11) is 6.78. The van der Waals surface area contributed by atoms with E-state index in [0.29, 0.717) is 6.42 Å². The summed E-state index contributed by atoms with van der Waals surface area (Å²) in [5.41, 5.74) is 0.